The van der Waals surface area contributed by atoms with Crippen LogP contribution in [0.15, 0.2) is 18.3 Å². The summed E-state index contributed by atoms with van der Waals surface area (Å²) in [6.45, 7) is 2.36. The highest BCUT2D eigenvalue weighted by Crippen LogP contribution is 2.32. The molecule has 0 aromatic carbocycles. The molecule has 1 amide bonds. The largest absolute Gasteiger partial charge is 0.348 e. The van der Waals surface area contributed by atoms with Crippen molar-refractivity contribution in [1.82, 2.24) is 10.3 Å². The lowest BCUT2D eigenvalue weighted by Gasteiger charge is -2.11. The molecule has 0 saturated heterocycles. The Hall–Kier alpha value is -1.86. The maximum absolute atomic E-state index is 11.9. The predicted octanol–water partition coefficient (Wildman–Crippen LogP) is 0.920. The quantitative estimate of drug-likeness (QED) is 0.776. The molecule has 4 nitrogen and oxygen atoms in total. The normalized spacial score (nSPS) is 15.4. The van der Waals surface area contributed by atoms with Crippen molar-refractivity contribution >= 4 is 5.91 Å². The van der Waals surface area contributed by atoms with Crippen molar-refractivity contribution in [3.8, 4) is 11.8 Å². The third-order valence-corrected chi connectivity index (χ3v) is 3.02. The summed E-state index contributed by atoms with van der Waals surface area (Å²) < 4.78 is 0. The summed E-state index contributed by atoms with van der Waals surface area (Å²) in [5, 5.41) is 2.96. The van der Waals surface area contributed by atoms with Gasteiger partial charge in [0.25, 0.3) is 5.91 Å². The van der Waals surface area contributed by atoms with Crippen molar-refractivity contribution in [2.75, 3.05) is 6.54 Å². The number of rotatable bonds is 3. The lowest BCUT2D eigenvalue weighted by molar-refractivity contribution is 0.0931. The lowest BCUT2D eigenvalue weighted by atomic mass is 10.2. The first kappa shape index (κ1) is 12.6. The number of nitrogens with two attached hydrogens (primary N) is 1. The fourth-order valence-corrected chi connectivity index (χ4v) is 1.75. The van der Waals surface area contributed by atoms with Crippen LogP contribution in [0.5, 0.6) is 0 Å². The number of nitrogens with one attached hydrogen (secondary N) is 1. The summed E-state index contributed by atoms with van der Waals surface area (Å²) >= 11 is 0. The highest BCUT2D eigenvalue weighted by molar-refractivity contribution is 5.92. The van der Waals surface area contributed by atoms with E-state index in [1.807, 2.05) is 6.92 Å². The van der Waals surface area contributed by atoms with Gasteiger partial charge < -0.3 is 11.1 Å². The third kappa shape index (κ3) is 3.31. The second-order valence-corrected chi connectivity index (χ2v) is 4.54. The van der Waals surface area contributed by atoms with Gasteiger partial charge in [0.15, 0.2) is 0 Å². The molecule has 1 aromatic rings. The van der Waals surface area contributed by atoms with E-state index in [1.54, 1.807) is 18.3 Å². The maximum atomic E-state index is 11.9. The Morgan fingerprint density at radius 1 is 1.61 bits per heavy atom. The molecule has 1 saturated carbocycles. The first-order chi connectivity index (χ1) is 8.70. The Balaban J connectivity index is 1.97. The maximum Gasteiger partial charge on any atom is 0.270 e. The summed E-state index contributed by atoms with van der Waals surface area (Å²) in [5.74, 6) is 6.14. The summed E-state index contributed by atoms with van der Waals surface area (Å²) in [7, 11) is 0. The molecule has 18 heavy (non-hydrogen) atoms. The molecule has 1 fully saturated rings. The van der Waals surface area contributed by atoms with Crippen LogP contribution >= 0.6 is 0 Å². The Kier molecular flexibility index (Phi) is 3.96. The summed E-state index contributed by atoms with van der Waals surface area (Å²) in [4.78, 5) is 16.0. The van der Waals surface area contributed by atoms with Crippen molar-refractivity contribution in [3.05, 3.63) is 29.6 Å². The molecular weight excluding hydrogens is 226 g/mol. The minimum atomic E-state index is -0.118. The highest BCUT2D eigenvalue weighted by Gasteiger charge is 2.29. The molecule has 1 atom stereocenters. The molecule has 4 heteroatoms. The lowest BCUT2D eigenvalue weighted by Crippen LogP contribution is -2.34. The minimum absolute atomic E-state index is 0.118. The number of hydrogen-bond acceptors (Lipinski definition) is 3. The van der Waals surface area contributed by atoms with Crippen molar-refractivity contribution in [2.24, 2.45) is 11.7 Å². The van der Waals surface area contributed by atoms with Crippen molar-refractivity contribution in [2.45, 2.75) is 25.8 Å². The topological polar surface area (TPSA) is 68.0 Å². The van der Waals surface area contributed by atoms with E-state index in [4.69, 9.17) is 5.73 Å². The van der Waals surface area contributed by atoms with Crippen LogP contribution in [0.1, 0.15) is 35.8 Å². The zero-order chi connectivity index (χ0) is 13.0. The molecule has 1 heterocycles. The van der Waals surface area contributed by atoms with Crippen LogP contribution in [-0.2, 0) is 0 Å². The molecule has 1 unspecified atom stereocenters. The number of amides is 1. The smallest absolute Gasteiger partial charge is 0.270 e. The average molecular weight is 243 g/mol. The van der Waals surface area contributed by atoms with Crippen LogP contribution in [-0.4, -0.2) is 23.5 Å². The van der Waals surface area contributed by atoms with Crippen LogP contribution in [0, 0.1) is 17.8 Å². The summed E-state index contributed by atoms with van der Waals surface area (Å²) in [6, 6.07) is 3.71. The van der Waals surface area contributed by atoms with Gasteiger partial charge in [0, 0.05) is 17.8 Å². The molecule has 3 N–H and O–H groups in total. The fraction of sp³-hybridized carbons (Fsp3) is 0.429. The average Bonchev–Trinajstić information content (AvgIpc) is 3.21. The van der Waals surface area contributed by atoms with Gasteiger partial charge in [0.1, 0.15) is 5.69 Å². The SMILES string of the molecule is CC(NC(=O)c1ccc(C#CCN)cn1)C1CC1. The molecule has 1 aliphatic carbocycles. The Morgan fingerprint density at radius 3 is 2.94 bits per heavy atom. The van der Waals surface area contributed by atoms with Gasteiger partial charge >= 0.3 is 0 Å². The summed E-state index contributed by atoms with van der Waals surface area (Å²) in [5.41, 5.74) is 6.49. The van der Waals surface area contributed by atoms with Crippen LogP contribution in [0.2, 0.25) is 0 Å². The van der Waals surface area contributed by atoms with Gasteiger partial charge in [-0.3, -0.25) is 4.79 Å². The van der Waals surface area contributed by atoms with E-state index in [0.29, 0.717) is 18.2 Å². The molecule has 0 aliphatic heterocycles. The van der Waals surface area contributed by atoms with E-state index in [1.165, 1.54) is 12.8 Å². The Bertz CT molecular complexity index is 480. The van der Waals surface area contributed by atoms with Gasteiger partial charge in [-0.05, 0) is 37.8 Å². The Morgan fingerprint density at radius 2 is 2.39 bits per heavy atom. The zero-order valence-corrected chi connectivity index (χ0v) is 10.4. The monoisotopic (exact) mass is 243 g/mol. The van der Waals surface area contributed by atoms with Crippen LogP contribution < -0.4 is 11.1 Å². The van der Waals surface area contributed by atoms with E-state index in [-0.39, 0.29) is 11.9 Å². The summed E-state index contributed by atoms with van der Waals surface area (Å²) in [6.07, 6.45) is 4.02. The van der Waals surface area contributed by atoms with E-state index < -0.39 is 0 Å². The number of carbonyl (C=O) groups is 1. The van der Waals surface area contributed by atoms with Gasteiger partial charge in [-0.15, -0.1) is 0 Å². The molecule has 2 rings (SSSR count). The minimum Gasteiger partial charge on any atom is -0.348 e. The number of nitrogens with zero attached hydrogens (tertiary/aromatic N) is 1. The van der Waals surface area contributed by atoms with Crippen molar-refractivity contribution in [1.29, 1.82) is 0 Å². The molecule has 1 aromatic heterocycles. The third-order valence-electron chi connectivity index (χ3n) is 3.02. The predicted molar refractivity (Wildman–Crippen MR) is 69.8 cm³/mol. The van der Waals surface area contributed by atoms with Crippen molar-refractivity contribution < 1.29 is 4.79 Å². The van der Waals surface area contributed by atoms with Crippen LogP contribution in [0.3, 0.4) is 0 Å². The van der Waals surface area contributed by atoms with E-state index in [0.717, 1.165) is 5.56 Å². The number of pyridine rings is 1. The number of aromatic nitrogens is 1. The fourth-order valence-electron chi connectivity index (χ4n) is 1.75. The first-order valence-corrected chi connectivity index (χ1v) is 6.16. The molecular formula is C14H17N3O. The van der Waals surface area contributed by atoms with Gasteiger partial charge in [-0.1, -0.05) is 11.8 Å². The van der Waals surface area contributed by atoms with Crippen LogP contribution in [0.25, 0.3) is 0 Å². The second-order valence-electron chi connectivity index (χ2n) is 4.54. The standard InChI is InChI=1S/C14H17N3O/c1-10(12-5-6-12)17-14(18)13-7-4-11(9-16-13)3-2-8-15/h4,7,9-10,12H,5-6,8,15H2,1H3,(H,17,18). The number of hydrogen-bond donors (Lipinski definition) is 2. The van der Waals surface area contributed by atoms with E-state index in [2.05, 4.69) is 22.1 Å². The van der Waals surface area contributed by atoms with Gasteiger partial charge in [0.2, 0.25) is 0 Å². The van der Waals surface area contributed by atoms with Gasteiger partial charge in [0.05, 0.1) is 6.54 Å². The second kappa shape index (κ2) is 5.65. The molecule has 0 radical (unpaired) electrons. The Labute approximate surface area is 107 Å². The molecule has 94 valence electrons. The van der Waals surface area contributed by atoms with E-state index >= 15 is 0 Å². The molecule has 1 aliphatic rings. The van der Waals surface area contributed by atoms with Crippen molar-refractivity contribution in [3.63, 3.8) is 0 Å². The number of carbonyl (C=O) groups excluding carboxylic acids is 1. The van der Waals surface area contributed by atoms with E-state index in [9.17, 15) is 4.79 Å². The highest BCUT2D eigenvalue weighted by atomic mass is 16.1. The van der Waals surface area contributed by atoms with Gasteiger partial charge in [-0.2, -0.15) is 0 Å². The zero-order valence-electron chi connectivity index (χ0n) is 10.4. The molecule has 0 bridgehead atoms. The first-order valence-electron chi connectivity index (χ1n) is 6.16. The molecule has 0 spiro atoms. The van der Waals surface area contributed by atoms with Gasteiger partial charge in [-0.25, -0.2) is 4.98 Å². The van der Waals surface area contributed by atoms with Crippen LogP contribution in [0.4, 0.5) is 0 Å².